The Morgan fingerprint density at radius 1 is 1.04 bits per heavy atom. The number of para-hydroxylation sites is 1. The van der Waals surface area contributed by atoms with Crippen LogP contribution in [0.3, 0.4) is 0 Å². The standard InChI is InChI=1S/C19H18N2O3S/c22-18(10-3-11-20-19(23)16-8-4-12-24-16)21-15-7-2-1-6-14(15)17-9-5-13-25-17/h1-2,4-9,12-13H,3,10-11H2,(H,20,23)(H,21,22). The Bertz CT molecular complexity index is 826. The van der Waals surface area contributed by atoms with Gasteiger partial charge in [-0.05, 0) is 36.1 Å². The van der Waals surface area contributed by atoms with Gasteiger partial charge in [0.15, 0.2) is 5.76 Å². The van der Waals surface area contributed by atoms with E-state index in [2.05, 4.69) is 10.6 Å². The van der Waals surface area contributed by atoms with Crippen LogP contribution in [0.15, 0.2) is 64.6 Å². The number of nitrogens with one attached hydrogen (secondary N) is 2. The number of hydrogen-bond donors (Lipinski definition) is 2. The summed E-state index contributed by atoms with van der Waals surface area (Å²) in [6.07, 6.45) is 2.34. The maximum Gasteiger partial charge on any atom is 0.286 e. The second-order valence-electron chi connectivity index (χ2n) is 5.41. The zero-order valence-electron chi connectivity index (χ0n) is 13.5. The zero-order chi connectivity index (χ0) is 17.5. The van der Waals surface area contributed by atoms with Crippen molar-refractivity contribution in [2.24, 2.45) is 0 Å². The van der Waals surface area contributed by atoms with Gasteiger partial charge in [-0.25, -0.2) is 0 Å². The minimum atomic E-state index is -0.270. The fourth-order valence-electron chi connectivity index (χ4n) is 2.40. The smallest absolute Gasteiger partial charge is 0.286 e. The fraction of sp³-hybridized carbons (Fsp3) is 0.158. The number of anilines is 1. The summed E-state index contributed by atoms with van der Waals surface area (Å²) in [6, 6.07) is 15.0. The van der Waals surface area contributed by atoms with E-state index in [1.54, 1.807) is 23.5 Å². The third kappa shape index (κ3) is 4.58. The van der Waals surface area contributed by atoms with Gasteiger partial charge in [-0.1, -0.05) is 24.3 Å². The van der Waals surface area contributed by atoms with Gasteiger partial charge in [-0.15, -0.1) is 11.3 Å². The molecule has 0 saturated heterocycles. The predicted octanol–water partition coefficient (Wildman–Crippen LogP) is 4.16. The van der Waals surface area contributed by atoms with Crippen LogP contribution in [-0.4, -0.2) is 18.4 Å². The van der Waals surface area contributed by atoms with Crippen LogP contribution in [0, 0.1) is 0 Å². The van der Waals surface area contributed by atoms with E-state index in [1.165, 1.54) is 6.26 Å². The summed E-state index contributed by atoms with van der Waals surface area (Å²) in [4.78, 5) is 25.0. The Kier molecular flexibility index (Phi) is 5.64. The molecule has 0 aliphatic carbocycles. The van der Waals surface area contributed by atoms with Crippen LogP contribution in [0.5, 0.6) is 0 Å². The maximum absolute atomic E-state index is 12.2. The largest absolute Gasteiger partial charge is 0.459 e. The first-order chi connectivity index (χ1) is 12.2. The van der Waals surface area contributed by atoms with Crippen molar-refractivity contribution in [1.29, 1.82) is 0 Å². The highest BCUT2D eigenvalue weighted by Gasteiger charge is 2.10. The molecule has 2 heterocycles. The molecule has 1 aromatic carbocycles. The molecule has 0 bridgehead atoms. The monoisotopic (exact) mass is 354 g/mol. The van der Waals surface area contributed by atoms with Gasteiger partial charge in [-0.3, -0.25) is 9.59 Å². The van der Waals surface area contributed by atoms with Gasteiger partial charge in [0.25, 0.3) is 5.91 Å². The number of hydrogen-bond acceptors (Lipinski definition) is 4. The van der Waals surface area contributed by atoms with Crippen LogP contribution in [-0.2, 0) is 4.79 Å². The molecule has 5 nitrogen and oxygen atoms in total. The molecule has 0 aliphatic heterocycles. The number of furan rings is 1. The molecule has 2 amide bonds. The normalized spacial score (nSPS) is 10.4. The topological polar surface area (TPSA) is 71.3 Å². The molecule has 6 heteroatoms. The molecule has 2 N–H and O–H groups in total. The molecule has 0 atom stereocenters. The van der Waals surface area contributed by atoms with Crippen molar-refractivity contribution in [3.8, 4) is 10.4 Å². The molecule has 3 aromatic rings. The van der Waals surface area contributed by atoms with E-state index in [-0.39, 0.29) is 17.6 Å². The SMILES string of the molecule is O=C(CCCNC(=O)c1ccco1)Nc1ccccc1-c1cccs1. The lowest BCUT2D eigenvalue weighted by molar-refractivity contribution is -0.116. The average molecular weight is 354 g/mol. The highest BCUT2D eigenvalue weighted by molar-refractivity contribution is 7.13. The molecular formula is C19H18N2O3S. The van der Waals surface area contributed by atoms with Crippen molar-refractivity contribution < 1.29 is 14.0 Å². The van der Waals surface area contributed by atoms with E-state index in [4.69, 9.17) is 4.42 Å². The van der Waals surface area contributed by atoms with E-state index in [0.717, 1.165) is 16.1 Å². The minimum Gasteiger partial charge on any atom is -0.459 e. The minimum absolute atomic E-state index is 0.0729. The number of rotatable bonds is 7. The van der Waals surface area contributed by atoms with Gasteiger partial charge in [-0.2, -0.15) is 0 Å². The van der Waals surface area contributed by atoms with E-state index in [1.807, 2.05) is 41.8 Å². The Morgan fingerprint density at radius 3 is 2.68 bits per heavy atom. The number of thiophene rings is 1. The Hall–Kier alpha value is -2.86. The van der Waals surface area contributed by atoms with Crippen LogP contribution in [0.2, 0.25) is 0 Å². The van der Waals surface area contributed by atoms with Gasteiger partial charge < -0.3 is 15.1 Å². The number of carbonyl (C=O) groups excluding carboxylic acids is 2. The van der Waals surface area contributed by atoms with Crippen LogP contribution in [0.25, 0.3) is 10.4 Å². The quantitative estimate of drug-likeness (QED) is 0.626. The molecule has 2 aromatic heterocycles. The van der Waals surface area contributed by atoms with Crippen molar-refractivity contribution >= 4 is 28.8 Å². The maximum atomic E-state index is 12.2. The van der Waals surface area contributed by atoms with Gasteiger partial charge in [0.1, 0.15) is 0 Å². The van der Waals surface area contributed by atoms with E-state index in [9.17, 15) is 9.59 Å². The van der Waals surface area contributed by atoms with Crippen molar-refractivity contribution in [1.82, 2.24) is 5.32 Å². The molecule has 0 fully saturated rings. The van der Waals surface area contributed by atoms with Crippen molar-refractivity contribution in [2.45, 2.75) is 12.8 Å². The predicted molar refractivity (Wildman–Crippen MR) is 98.7 cm³/mol. The summed E-state index contributed by atoms with van der Waals surface area (Å²) < 4.78 is 5.01. The highest BCUT2D eigenvalue weighted by Crippen LogP contribution is 2.31. The summed E-state index contributed by atoms with van der Waals surface area (Å²) in [5.74, 6) is -0.0703. The lowest BCUT2D eigenvalue weighted by Gasteiger charge is -2.10. The molecule has 0 spiro atoms. The van der Waals surface area contributed by atoms with Gasteiger partial charge in [0.2, 0.25) is 5.91 Å². The lowest BCUT2D eigenvalue weighted by Crippen LogP contribution is -2.25. The van der Waals surface area contributed by atoms with Crippen LogP contribution in [0.4, 0.5) is 5.69 Å². The summed E-state index contributed by atoms with van der Waals surface area (Å²) in [6.45, 7) is 0.416. The van der Waals surface area contributed by atoms with E-state index >= 15 is 0 Å². The molecule has 25 heavy (non-hydrogen) atoms. The molecular weight excluding hydrogens is 336 g/mol. The van der Waals surface area contributed by atoms with Gasteiger partial charge >= 0.3 is 0 Å². The average Bonchev–Trinajstić information content (AvgIpc) is 3.32. The first kappa shape index (κ1) is 17.0. The Labute approximate surface area is 149 Å². The van der Waals surface area contributed by atoms with E-state index in [0.29, 0.717) is 19.4 Å². The zero-order valence-corrected chi connectivity index (χ0v) is 14.3. The second-order valence-corrected chi connectivity index (χ2v) is 6.36. The van der Waals surface area contributed by atoms with Gasteiger partial charge in [0.05, 0.1) is 6.26 Å². The Morgan fingerprint density at radius 2 is 1.92 bits per heavy atom. The summed E-state index contributed by atoms with van der Waals surface area (Å²) in [7, 11) is 0. The Balaban J connectivity index is 1.48. The second kappa shape index (κ2) is 8.30. The summed E-state index contributed by atoms with van der Waals surface area (Å²) in [5, 5.41) is 7.69. The third-order valence-electron chi connectivity index (χ3n) is 3.60. The van der Waals surface area contributed by atoms with Gasteiger partial charge in [0, 0.05) is 29.1 Å². The number of amides is 2. The first-order valence-electron chi connectivity index (χ1n) is 7.98. The number of benzene rings is 1. The van der Waals surface area contributed by atoms with Crippen molar-refractivity contribution in [3.05, 3.63) is 65.9 Å². The van der Waals surface area contributed by atoms with Crippen LogP contribution < -0.4 is 10.6 Å². The first-order valence-corrected chi connectivity index (χ1v) is 8.86. The van der Waals surface area contributed by atoms with Crippen molar-refractivity contribution in [3.63, 3.8) is 0 Å². The summed E-state index contributed by atoms with van der Waals surface area (Å²) >= 11 is 1.63. The highest BCUT2D eigenvalue weighted by atomic mass is 32.1. The molecule has 0 saturated carbocycles. The van der Waals surface area contributed by atoms with Crippen LogP contribution in [0.1, 0.15) is 23.4 Å². The molecule has 128 valence electrons. The summed E-state index contributed by atoms with van der Waals surface area (Å²) in [5.41, 5.74) is 1.81. The third-order valence-corrected chi connectivity index (χ3v) is 4.50. The van der Waals surface area contributed by atoms with E-state index < -0.39 is 0 Å². The van der Waals surface area contributed by atoms with Crippen LogP contribution >= 0.6 is 11.3 Å². The lowest BCUT2D eigenvalue weighted by atomic mass is 10.1. The molecule has 0 radical (unpaired) electrons. The molecule has 0 aliphatic rings. The molecule has 3 rings (SSSR count). The molecule has 0 unspecified atom stereocenters. The number of carbonyl (C=O) groups is 2. The fourth-order valence-corrected chi connectivity index (χ4v) is 3.16. The van der Waals surface area contributed by atoms with Crippen molar-refractivity contribution in [2.75, 3.05) is 11.9 Å².